The van der Waals surface area contributed by atoms with Crippen LogP contribution in [0.5, 0.6) is 0 Å². The number of halogens is 1. The molecule has 5 heteroatoms. The molecular formula is C11H13ClN2O2. The maximum absolute atomic E-state index is 11.6. The predicted octanol–water partition coefficient (Wildman–Crippen LogP) is 1.76. The average molecular weight is 241 g/mol. The fourth-order valence-electron chi connectivity index (χ4n) is 0.975. The minimum atomic E-state index is -0.431. The number of benzene rings is 1. The Bertz CT molecular complexity index is 405. The summed E-state index contributed by atoms with van der Waals surface area (Å²) in [5.41, 5.74) is 4.94. The molecule has 2 N–H and O–H groups in total. The van der Waals surface area contributed by atoms with E-state index in [1.807, 2.05) is 0 Å². The first-order valence-electron chi connectivity index (χ1n) is 4.87. The van der Waals surface area contributed by atoms with Gasteiger partial charge in [0, 0.05) is 5.92 Å². The van der Waals surface area contributed by atoms with Crippen LogP contribution in [0, 0.1) is 5.92 Å². The highest BCUT2D eigenvalue weighted by Gasteiger charge is 2.11. The van der Waals surface area contributed by atoms with Gasteiger partial charge < -0.3 is 0 Å². The molecule has 0 fully saturated rings. The molecule has 0 saturated heterocycles. The lowest BCUT2D eigenvalue weighted by atomic mass is 10.2. The van der Waals surface area contributed by atoms with Gasteiger partial charge in [-0.1, -0.05) is 37.6 Å². The molecular weight excluding hydrogens is 228 g/mol. The van der Waals surface area contributed by atoms with Gasteiger partial charge in [-0.05, 0) is 12.1 Å². The normalized spacial score (nSPS) is 10.0. The molecule has 0 aromatic heterocycles. The second-order valence-electron chi connectivity index (χ2n) is 3.58. The van der Waals surface area contributed by atoms with Crippen LogP contribution in [0.3, 0.4) is 0 Å². The van der Waals surface area contributed by atoms with Gasteiger partial charge in [0.2, 0.25) is 5.91 Å². The average Bonchev–Trinajstić information content (AvgIpc) is 2.25. The summed E-state index contributed by atoms with van der Waals surface area (Å²) in [5.74, 6) is -0.869. The summed E-state index contributed by atoms with van der Waals surface area (Å²) in [6.45, 7) is 3.47. The van der Waals surface area contributed by atoms with E-state index in [4.69, 9.17) is 11.6 Å². The summed E-state index contributed by atoms with van der Waals surface area (Å²) in [7, 11) is 0. The van der Waals surface area contributed by atoms with Crippen LogP contribution in [0.15, 0.2) is 24.3 Å². The molecule has 0 bridgehead atoms. The van der Waals surface area contributed by atoms with Gasteiger partial charge in [0.15, 0.2) is 0 Å². The van der Waals surface area contributed by atoms with Crippen LogP contribution in [0.1, 0.15) is 24.2 Å². The van der Waals surface area contributed by atoms with Gasteiger partial charge in [0.1, 0.15) is 0 Å². The summed E-state index contributed by atoms with van der Waals surface area (Å²) in [6.07, 6.45) is 0. The van der Waals surface area contributed by atoms with Crippen LogP contribution in [0.2, 0.25) is 5.02 Å². The first-order valence-corrected chi connectivity index (χ1v) is 5.25. The molecule has 1 aromatic carbocycles. The highest BCUT2D eigenvalue weighted by molar-refractivity contribution is 6.33. The zero-order chi connectivity index (χ0) is 12.1. The van der Waals surface area contributed by atoms with Gasteiger partial charge in [0.05, 0.1) is 10.6 Å². The number of hydrogen-bond acceptors (Lipinski definition) is 2. The Labute approximate surface area is 99.0 Å². The van der Waals surface area contributed by atoms with Crippen molar-refractivity contribution in [2.24, 2.45) is 5.92 Å². The molecule has 0 atom stereocenters. The molecule has 0 aliphatic heterocycles. The highest BCUT2D eigenvalue weighted by Crippen LogP contribution is 2.13. The van der Waals surface area contributed by atoms with Crippen molar-refractivity contribution in [3.05, 3.63) is 34.9 Å². The van der Waals surface area contributed by atoms with Gasteiger partial charge in [0.25, 0.3) is 5.91 Å². The second-order valence-corrected chi connectivity index (χ2v) is 3.99. The van der Waals surface area contributed by atoms with Crippen molar-refractivity contribution in [3.8, 4) is 0 Å². The van der Waals surface area contributed by atoms with Crippen LogP contribution in [0.4, 0.5) is 0 Å². The lowest BCUT2D eigenvalue weighted by molar-refractivity contribution is -0.124. The number of hydrazine groups is 1. The number of hydrogen-bond donors (Lipinski definition) is 2. The van der Waals surface area contributed by atoms with Gasteiger partial charge in [-0.15, -0.1) is 0 Å². The maximum atomic E-state index is 11.6. The second kappa shape index (κ2) is 5.51. The topological polar surface area (TPSA) is 58.2 Å². The van der Waals surface area contributed by atoms with Crippen molar-refractivity contribution in [2.75, 3.05) is 0 Å². The molecule has 1 rings (SSSR count). The molecule has 86 valence electrons. The molecule has 2 amide bonds. The van der Waals surface area contributed by atoms with Crippen LogP contribution in [-0.2, 0) is 4.79 Å². The van der Waals surface area contributed by atoms with Gasteiger partial charge in [-0.25, -0.2) is 0 Å². The van der Waals surface area contributed by atoms with E-state index >= 15 is 0 Å². The number of carbonyl (C=O) groups is 2. The summed E-state index contributed by atoms with van der Waals surface area (Å²) < 4.78 is 0. The van der Waals surface area contributed by atoms with Gasteiger partial charge in [-0.3, -0.25) is 20.4 Å². The van der Waals surface area contributed by atoms with Crippen molar-refractivity contribution in [1.82, 2.24) is 10.9 Å². The summed E-state index contributed by atoms with van der Waals surface area (Å²) in [4.78, 5) is 22.8. The fraction of sp³-hybridized carbons (Fsp3) is 0.273. The van der Waals surface area contributed by atoms with Crippen molar-refractivity contribution in [1.29, 1.82) is 0 Å². The molecule has 0 unspecified atom stereocenters. The van der Waals surface area contributed by atoms with E-state index in [1.165, 1.54) is 0 Å². The third kappa shape index (κ3) is 3.24. The largest absolute Gasteiger partial charge is 0.273 e. The lowest BCUT2D eigenvalue weighted by Crippen LogP contribution is -2.43. The molecule has 0 radical (unpaired) electrons. The van der Waals surface area contributed by atoms with Crippen LogP contribution >= 0.6 is 11.6 Å². The molecule has 0 spiro atoms. The Kier molecular flexibility index (Phi) is 4.31. The maximum Gasteiger partial charge on any atom is 0.271 e. The van der Waals surface area contributed by atoms with E-state index in [1.54, 1.807) is 38.1 Å². The van der Waals surface area contributed by atoms with Gasteiger partial charge in [-0.2, -0.15) is 0 Å². The smallest absolute Gasteiger partial charge is 0.271 e. The van der Waals surface area contributed by atoms with Gasteiger partial charge >= 0.3 is 0 Å². The van der Waals surface area contributed by atoms with E-state index in [0.717, 1.165) is 0 Å². The summed E-state index contributed by atoms with van der Waals surface area (Å²) in [6, 6.07) is 6.62. The zero-order valence-electron chi connectivity index (χ0n) is 9.08. The number of nitrogens with one attached hydrogen (secondary N) is 2. The van der Waals surface area contributed by atoms with E-state index in [-0.39, 0.29) is 11.8 Å². The van der Waals surface area contributed by atoms with E-state index in [9.17, 15) is 9.59 Å². The molecule has 4 nitrogen and oxygen atoms in total. The molecule has 0 aliphatic rings. The minimum absolute atomic E-state index is 0.188. The monoisotopic (exact) mass is 240 g/mol. The lowest BCUT2D eigenvalue weighted by Gasteiger charge is -2.09. The van der Waals surface area contributed by atoms with Crippen LogP contribution < -0.4 is 10.9 Å². The first-order chi connectivity index (χ1) is 7.52. The number of amides is 2. The molecule has 0 aliphatic carbocycles. The third-order valence-electron chi connectivity index (χ3n) is 1.94. The van der Waals surface area contributed by atoms with E-state index in [2.05, 4.69) is 10.9 Å². The van der Waals surface area contributed by atoms with Crippen LogP contribution in [0.25, 0.3) is 0 Å². The predicted molar refractivity (Wildman–Crippen MR) is 61.9 cm³/mol. The van der Waals surface area contributed by atoms with Crippen LogP contribution in [-0.4, -0.2) is 11.8 Å². The standard InChI is InChI=1S/C11H13ClN2O2/c1-7(2)10(15)13-14-11(16)8-5-3-4-6-9(8)12/h3-7H,1-2H3,(H,13,15)(H,14,16). The molecule has 16 heavy (non-hydrogen) atoms. The minimum Gasteiger partial charge on any atom is -0.273 e. The number of carbonyl (C=O) groups excluding carboxylic acids is 2. The Morgan fingerprint density at radius 3 is 2.38 bits per heavy atom. The van der Waals surface area contributed by atoms with Crippen molar-refractivity contribution >= 4 is 23.4 Å². The fourth-order valence-corrected chi connectivity index (χ4v) is 1.20. The molecule has 1 aromatic rings. The Morgan fingerprint density at radius 2 is 1.81 bits per heavy atom. The summed E-state index contributed by atoms with van der Waals surface area (Å²) in [5, 5.41) is 0.346. The third-order valence-corrected chi connectivity index (χ3v) is 2.27. The first kappa shape index (κ1) is 12.5. The summed E-state index contributed by atoms with van der Waals surface area (Å²) >= 11 is 5.82. The molecule has 0 heterocycles. The highest BCUT2D eigenvalue weighted by atomic mass is 35.5. The zero-order valence-corrected chi connectivity index (χ0v) is 9.84. The van der Waals surface area contributed by atoms with Crippen molar-refractivity contribution in [2.45, 2.75) is 13.8 Å². The van der Waals surface area contributed by atoms with E-state index < -0.39 is 5.91 Å². The Morgan fingerprint density at radius 1 is 1.19 bits per heavy atom. The molecule has 0 saturated carbocycles. The Hall–Kier alpha value is -1.55. The number of rotatable bonds is 2. The SMILES string of the molecule is CC(C)C(=O)NNC(=O)c1ccccc1Cl. The Balaban J connectivity index is 2.60. The van der Waals surface area contributed by atoms with E-state index in [0.29, 0.717) is 10.6 Å². The van der Waals surface area contributed by atoms with Crippen molar-refractivity contribution in [3.63, 3.8) is 0 Å². The van der Waals surface area contributed by atoms with Crippen molar-refractivity contribution < 1.29 is 9.59 Å². The quantitative estimate of drug-likeness (QED) is 0.774.